The standard InChI is InChI=1S/C19H20N2O3/c1-2-19(15-11-7-4-8-12-15)17(23)21(18(24)20-19)13-16(22)14-9-5-3-6-10-14/h3-12,16,22H,2,13H2,1H3,(H,20,24)/t16-,19-/m1/s1. The Kier molecular flexibility index (Phi) is 4.36. The summed E-state index contributed by atoms with van der Waals surface area (Å²) in [5.74, 6) is -0.323. The Labute approximate surface area is 140 Å². The first kappa shape index (κ1) is 16.2. The van der Waals surface area contributed by atoms with E-state index in [0.717, 1.165) is 10.5 Å². The third-order valence-corrected chi connectivity index (χ3v) is 4.51. The Hall–Kier alpha value is -2.66. The van der Waals surface area contributed by atoms with Crippen LogP contribution in [0.3, 0.4) is 0 Å². The predicted octanol–water partition coefficient (Wildman–Crippen LogP) is 2.58. The van der Waals surface area contributed by atoms with Crippen molar-refractivity contribution >= 4 is 11.9 Å². The van der Waals surface area contributed by atoms with Crippen LogP contribution in [0.25, 0.3) is 0 Å². The van der Waals surface area contributed by atoms with Gasteiger partial charge in [0.2, 0.25) is 0 Å². The van der Waals surface area contributed by atoms with Crippen LogP contribution < -0.4 is 5.32 Å². The molecule has 0 spiro atoms. The van der Waals surface area contributed by atoms with E-state index >= 15 is 0 Å². The summed E-state index contributed by atoms with van der Waals surface area (Å²) in [5.41, 5.74) is 0.365. The summed E-state index contributed by atoms with van der Waals surface area (Å²) < 4.78 is 0. The van der Waals surface area contributed by atoms with Gasteiger partial charge < -0.3 is 10.4 Å². The van der Waals surface area contributed by atoms with Gasteiger partial charge in [0, 0.05) is 0 Å². The fourth-order valence-corrected chi connectivity index (χ4v) is 3.11. The van der Waals surface area contributed by atoms with Gasteiger partial charge in [-0.2, -0.15) is 0 Å². The molecule has 3 rings (SSSR count). The van der Waals surface area contributed by atoms with E-state index in [-0.39, 0.29) is 12.5 Å². The van der Waals surface area contributed by atoms with E-state index in [1.165, 1.54) is 0 Å². The minimum Gasteiger partial charge on any atom is -0.387 e. The van der Waals surface area contributed by atoms with Crippen molar-refractivity contribution < 1.29 is 14.7 Å². The van der Waals surface area contributed by atoms with Crippen LogP contribution in [-0.2, 0) is 10.3 Å². The quantitative estimate of drug-likeness (QED) is 0.831. The molecule has 0 aliphatic carbocycles. The summed E-state index contributed by atoms with van der Waals surface area (Å²) >= 11 is 0. The second-order valence-electron chi connectivity index (χ2n) is 5.90. The van der Waals surface area contributed by atoms with Gasteiger partial charge in [-0.05, 0) is 17.5 Å². The number of amides is 3. The van der Waals surface area contributed by atoms with Crippen LogP contribution in [0.15, 0.2) is 60.7 Å². The van der Waals surface area contributed by atoms with E-state index in [1.54, 1.807) is 12.1 Å². The molecular formula is C19H20N2O3. The highest BCUT2D eigenvalue weighted by molar-refractivity contribution is 6.07. The summed E-state index contributed by atoms with van der Waals surface area (Å²) in [6.45, 7) is 1.80. The molecule has 0 bridgehead atoms. The number of imide groups is 1. The van der Waals surface area contributed by atoms with Gasteiger partial charge in [0.25, 0.3) is 5.91 Å². The second-order valence-corrected chi connectivity index (χ2v) is 5.90. The molecule has 24 heavy (non-hydrogen) atoms. The molecule has 1 fully saturated rings. The van der Waals surface area contributed by atoms with Gasteiger partial charge in [-0.3, -0.25) is 9.69 Å². The van der Waals surface area contributed by atoms with Crippen molar-refractivity contribution in [1.29, 1.82) is 0 Å². The van der Waals surface area contributed by atoms with Crippen molar-refractivity contribution in [1.82, 2.24) is 10.2 Å². The van der Waals surface area contributed by atoms with Gasteiger partial charge in [-0.15, -0.1) is 0 Å². The number of hydrogen-bond acceptors (Lipinski definition) is 3. The van der Waals surface area contributed by atoms with Crippen LogP contribution in [0.1, 0.15) is 30.6 Å². The molecule has 5 nitrogen and oxygen atoms in total. The van der Waals surface area contributed by atoms with E-state index < -0.39 is 17.7 Å². The number of urea groups is 1. The Morgan fingerprint density at radius 1 is 1.04 bits per heavy atom. The molecular weight excluding hydrogens is 304 g/mol. The lowest BCUT2D eigenvalue weighted by atomic mass is 9.87. The molecule has 3 amide bonds. The lowest BCUT2D eigenvalue weighted by Gasteiger charge is -2.26. The van der Waals surface area contributed by atoms with E-state index in [1.807, 2.05) is 55.5 Å². The number of rotatable bonds is 5. The zero-order chi connectivity index (χ0) is 17.2. The monoisotopic (exact) mass is 324 g/mol. The van der Waals surface area contributed by atoms with Crippen molar-refractivity contribution in [2.24, 2.45) is 0 Å². The van der Waals surface area contributed by atoms with Gasteiger partial charge in [0.1, 0.15) is 5.54 Å². The van der Waals surface area contributed by atoms with Crippen LogP contribution in [0, 0.1) is 0 Å². The molecule has 1 saturated heterocycles. The van der Waals surface area contributed by atoms with Crippen LogP contribution in [0.2, 0.25) is 0 Å². The first-order chi connectivity index (χ1) is 11.6. The Balaban J connectivity index is 1.86. The lowest BCUT2D eigenvalue weighted by molar-refractivity contribution is -0.132. The number of benzene rings is 2. The maximum absolute atomic E-state index is 13.0. The first-order valence-electron chi connectivity index (χ1n) is 8.01. The van der Waals surface area contributed by atoms with Crippen molar-refractivity contribution in [2.45, 2.75) is 25.0 Å². The number of aliphatic hydroxyl groups excluding tert-OH is 1. The molecule has 2 aromatic rings. The van der Waals surface area contributed by atoms with Crippen LogP contribution in [0.5, 0.6) is 0 Å². The summed E-state index contributed by atoms with van der Waals surface area (Å²) in [5, 5.41) is 13.2. The molecule has 0 unspecified atom stereocenters. The van der Waals surface area contributed by atoms with E-state index in [9.17, 15) is 14.7 Å². The van der Waals surface area contributed by atoms with Gasteiger partial charge in [0.05, 0.1) is 12.6 Å². The first-order valence-corrected chi connectivity index (χ1v) is 8.01. The topological polar surface area (TPSA) is 69.6 Å². The van der Waals surface area contributed by atoms with Gasteiger partial charge >= 0.3 is 6.03 Å². The fourth-order valence-electron chi connectivity index (χ4n) is 3.11. The molecule has 5 heteroatoms. The number of carbonyl (C=O) groups is 2. The van der Waals surface area contributed by atoms with Gasteiger partial charge in [0.15, 0.2) is 0 Å². The number of nitrogens with zero attached hydrogens (tertiary/aromatic N) is 1. The zero-order valence-corrected chi connectivity index (χ0v) is 13.5. The smallest absolute Gasteiger partial charge is 0.325 e. The highest BCUT2D eigenvalue weighted by atomic mass is 16.3. The molecule has 2 N–H and O–H groups in total. The van der Waals surface area contributed by atoms with E-state index in [2.05, 4.69) is 5.32 Å². The molecule has 0 radical (unpaired) electrons. The number of hydrogen-bond donors (Lipinski definition) is 2. The Morgan fingerprint density at radius 3 is 2.21 bits per heavy atom. The molecule has 124 valence electrons. The summed E-state index contributed by atoms with van der Waals surface area (Å²) in [7, 11) is 0. The van der Waals surface area contributed by atoms with Crippen molar-refractivity contribution in [3.8, 4) is 0 Å². The summed E-state index contributed by atoms with van der Waals surface area (Å²) in [6, 6.07) is 17.8. The third kappa shape index (κ3) is 2.67. The Morgan fingerprint density at radius 2 is 1.62 bits per heavy atom. The minimum absolute atomic E-state index is 0.0662. The van der Waals surface area contributed by atoms with Crippen molar-refractivity contribution in [3.63, 3.8) is 0 Å². The highest BCUT2D eigenvalue weighted by Crippen LogP contribution is 2.33. The third-order valence-electron chi connectivity index (χ3n) is 4.51. The van der Waals surface area contributed by atoms with Gasteiger partial charge in [-0.1, -0.05) is 67.6 Å². The van der Waals surface area contributed by atoms with Crippen molar-refractivity contribution in [2.75, 3.05) is 6.54 Å². The maximum atomic E-state index is 13.0. The Bertz CT molecular complexity index is 733. The van der Waals surface area contributed by atoms with Crippen LogP contribution >= 0.6 is 0 Å². The highest BCUT2D eigenvalue weighted by Gasteiger charge is 2.51. The van der Waals surface area contributed by atoms with Crippen LogP contribution in [-0.4, -0.2) is 28.5 Å². The number of nitrogens with one attached hydrogen (secondary N) is 1. The SMILES string of the molecule is CC[C@]1(c2ccccc2)NC(=O)N(C[C@@H](O)c2ccccc2)C1=O. The van der Waals surface area contributed by atoms with Crippen molar-refractivity contribution in [3.05, 3.63) is 71.8 Å². The number of carbonyl (C=O) groups excluding carboxylic acids is 2. The molecule has 1 aliphatic rings. The predicted molar refractivity (Wildman–Crippen MR) is 90.1 cm³/mol. The largest absolute Gasteiger partial charge is 0.387 e. The lowest BCUT2D eigenvalue weighted by Crippen LogP contribution is -2.43. The normalized spacial score (nSPS) is 21.7. The molecule has 1 aliphatic heterocycles. The average Bonchev–Trinajstić information content (AvgIpc) is 2.88. The minimum atomic E-state index is -1.06. The number of β-amino-alcohol motifs (C(OH)–C–C–N with tert-alkyl or cyclic N) is 1. The summed E-state index contributed by atoms with van der Waals surface area (Å²) in [4.78, 5) is 26.5. The molecule has 0 saturated carbocycles. The summed E-state index contributed by atoms with van der Waals surface area (Å²) in [6.07, 6.45) is -0.469. The molecule has 0 aromatic heterocycles. The molecule has 2 atom stereocenters. The second kappa shape index (κ2) is 6.45. The molecule has 1 heterocycles. The van der Waals surface area contributed by atoms with E-state index in [0.29, 0.717) is 12.0 Å². The van der Waals surface area contributed by atoms with Crippen LogP contribution in [0.4, 0.5) is 4.79 Å². The average molecular weight is 324 g/mol. The fraction of sp³-hybridized carbons (Fsp3) is 0.263. The number of aliphatic hydroxyl groups is 1. The van der Waals surface area contributed by atoms with E-state index in [4.69, 9.17) is 0 Å². The van der Waals surface area contributed by atoms with Gasteiger partial charge in [-0.25, -0.2) is 4.79 Å². The molecule has 2 aromatic carbocycles. The zero-order valence-electron chi connectivity index (χ0n) is 13.5. The maximum Gasteiger partial charge on any atom is 0.325 e.